The van der Waals surface area contributed by atoms with Gasteiger partial charge in [0.05, 0.1) is 12.2 Å². The van der Waals surface area contributed by atoms with Crippen LogP contribution in [0.25, 0.3) is 5.65 Å². The standard InChI is InChI=1S/C17H23N5O2/c23-17-21(11-12-24-17)10-9-19-5-7-20(8-6-19)13-15-14-22-4-2-1-3-16(22)18-15/h1-4,14H,5-13H2. The van der Waals surface area contributed by atoms with E-state index in [0.29, 0.717) is 6.61 Å². The minimum atomic E-state index is -0.166. The van der Waals surface area contributed by atoms with Crippen LogP contribution in [0.3, 0.4) is 0 Å². The van der Waals surface area contributed by atoms with Crippen molar-refractivity contribution in [2.75, 3.05) is 52.4 Å². The van der Waals surface area contributed by atoms with Gasteiger partial charge in [0.1, 0.15) is 12.3 Å². The Labute approximate surface area is 141 Å². The van der Waals surface area contributed by atoms with Gasteiger partial charge in [-0.25, -0.2) is 9.78 Å². The molecule has 2 aliphatic heterocycles. The molecule has 2 aromatic heterocycles. The number of pyridine rings is 1. The van der Waals surface area contributed by atoms with E-state index in [1.165, 1.54) is 0 Å². The molecule has 2 aliphatic rings. The number of amides is 1. The molecule has 2 aromatic rings. The van der Waals surface area contributed by atoms with Crippen LogP contribution in [0, 0.1) is 0 Å². The number of carbonyl (C=O) groups is 1. The van der Waals surface area contributed by atoms with Gasteiger partial charge in [-0.1, -0.05) is 6.07 Å². The van der Waals surface area contributed by atoms with E-state index in [2.05, 4.69) is 25.4 Å². The van der Waals surface area contributed by atoms with Gasteiger partial charge in [0.2, 0.25) is 0 Å². The molecule has 0 saturated carbocycles. The maximum Gasteiger partial charge on any atom is 0.409 e. The maximum absolute atomic E-state index is 11.4. The predicted octanol–water partition coefficient (Wildman–Crippen LogP) is 0.904. The number of imidazole rings is 1. The summed E-state index contributed by atoms with van der Waals surface area (Å²) in [5, 5.41) is 0. The summed E-state index contributed by atoms with van der Waals surface area (Å²) in [5.74, 6) is 0. The van der Waals surface area contributed by atoms with E-state index in [-0.39, 0.29) is 6.09 Å². The molecule has 0 aliphatic carbocycles. The van der Waals surface area contributed by atoms with Crippen molar-refractivity contribution in [2.45, 2.75) is 6.54 Å². The van der Waals surface area contributed by atoms with E-state index >= 15 is 0 Å². The van der Waals surface area contributed by atoms with Crippen LogP contribution >= 0.6 is 0 Å². The largest absolute Gasteiger partial charge is 0.448 e. The van der Waals surface area contributed by atoms with Gasteiger partial charge in [-0.05, 0) is 12.1 Å². The highest BCUT2D eigenvalue weighted by atomic mass is 16.6. The minimum Gasteiger partial charge on any atom is -0.448 e. The Kier molecular flexibility index (Phi) is 4.36. The zero-order valence-electron chi connectivity index (χ0n) is 13.8. The first-order valence-electron chi connectivity index (χ1n) is 8.57. The van der Waals surface area contributed by atoms with E-state index in [1.807, 2.05) is 24.4 Å². The van der Waals surface area contributed by atoms with E-state index in [1.54, 1.807) is 4.90 Å². The molecule has 0 unspecified atom stereocenters. The Hall–Kier alpha value is -2.12. The number of carbonyl (C=O) groups excluding carboxylic acids is 1. The zero-order valence-corrected chi connectivity index (χ0v) is 13.8. The summed E-state index contributed by atoms with van der Waals surface area (Å²) < 4.78 is 7.04. The van der Waals surface area contributed by atoms with E-state index in [0.717, 1.165) is 63.7 Å². The van der Waals surface area contributed by atoms with Crippen LogP contribution < -0.4 is 0 Å². The molecule has 4 heterocycles. The van der Waals surface area contributed by atoms with Crippen molar-refractivity contribution in [1.82, 2.24) is 24.1 Å². The third-order valence-corrected chi connectivity index (χ3v) is 4.80. The summed E-state index contributed by atoms with van der Waals surface area (Å²) in [5.41, 5.74) is 2.12. The topological polar surface area (TPSA) is 53.3 Å². The maximum atomic E-state index is 11.4. The van der Waals surface area contributed by atoms with Gasteiger partial charge < -0.3 is 14.0 Å². The lowest BCUT2D eigenvalue weighted by molar-refractivity contribution is 0.115. The van der Waals surface area contributed by atoms with Gasteiger partial charge >= 0.3 is 6.09 Å². The highest BCUT2D eigenvalue weighted by Crippen LogP contribution is 2.10. The Morgan fingerprint density at radius 1 is 1.04 bits per heavy atom. The van der Waals surface area contributed by atoms with Gasteiger partial charge in [0.25, 0.3) is 0 Å². The highest BCUT2D eigenvalue weighted by molar-refractivity contribution is 5.69. The minimum absolute atomic E-state index is 0.166. The van der Waals surface area contributed by atoms with Crippen molar-refractivity contribution in [2.24, 2.45) is 0 Å². The Morgan fingerprint density at radius 2 is 1.88 bits per heavy atom. The van der Waals surface area contributed by atoms with Crippen molar-refractivity contribution in [1.29, 1.82) is 0 Å². The molecular weight excluding hydrogens is 306 g/mol. The van der Waals surface area contributed by atoms with Gasteiger partial charge in [-0.15, -0.1) is 0 Å². The number of rotatable bonds is 5. The van der Waals surface area contributed by atoms with Crippen LogP contribution in [-0.4, -0.2) is 82.6 Å². The SMILES string of the molecule is O=C1OCCN1CCN1CCN(Cc2cn3ccccc3n2)CC1. The lowest BCUT2D eigenvalue weighted by atomic mass is 10.3. The number of fused-ring (bicyclic) bond motifs is 1. The van der Waals surface area contributed by atoms with Gasteiger partial charge in [0, 0.05) is 58.2 Å². The molecular formula is C17H23N5O2. The fraction of sp³-hybridized carbons (Fsp3) is 0.529. The summed E-state index contributed by atoms with van der Waals surface area (Å²) >= 11 is 0. The summed E-state index contributed by atoms with van der Waals surface area (Å²) in [6.07, 6.45) is 3.98. The first-order chi connectivity index (χ1) is 11.8. The third kappa shape index (κ3) is 3.37. The molecule has 1 amide bonds. The second kappa shape index (κ2) is 6.78. The first kappa shape index (κ1) is 15.4. The van der Waals surface area contributed by atoms with Crippen LogP contribution in [0.1, 0.15) is 5.69 Å². The fourth-order valence-corrected chi connectivity index (χ4v) is 3.35. The molecule has 0 radical (unpaired) electrons. The van der Waals surface area contributed by atoms with Crippen LogP contribution in [0.4, 0.5) is 4.79 Å². The lowest BCUT2D eigenvalue weighted by Gasteiger charge is -2.34. The van der Waals surface area contributed by atoms with Gasteiger partial charge in [-0.3, -0.25) is 9.80 Å². The Balaban J connectivity index is 1.24. The van der Waals surface area contributed by atoms with Gasteiger partial charge in [-0.2, -0.15) is 0 Å². The average molecular weight is 329 g/mol. The second-order valence-corrected chi connectivity index (χ2v) is 6.42. The van der Waals surface area contributed by atoms with Gasteiger partial charge in [0.15, 0.2) is 0 Å². The summed E-state index contributed by atoms with van der Waals surface area (Å²) in [6.45, 7) is 8.01. The number of hydrogen-bond acceptors (Lipinski definition) is 5. The molecule has 128 valence electrons. The summed E-state index contributed by atoms with van der Waals surface area (Å²) in [4.78, 5) is 22.8. The number of piperazine rings is 1. The highest BCUT2D eigenvalue weighted by Gasteiger charge is 2.23. The summed E-state index contributed by atoms with van der Waals surface area (Å²) in [6, 6.07) is 6.07. The van der Waals surface area contributed by atoms with Crippen LogP contribution in [-0.2, 0) is 11.3 Å². The average Bonchev–Trinajstić information content (AvgIpc) is 3.19. The fourth-order valence-electron chi connectivity index (χ4n) is 3.35. The monoisotopic (exact) mass is 329 g/mol. The van der Waals surface area contributed by atoms with Crippen molar-refractivity contribution < 1.29 is 9.53 Å². The van der Waals surface area contributed by atoms with Crippen molar-refractivity contribution in [3.8, 4) is 0 Å². The molecule has 4 rings (SSSR count). The number of nitrogens with zero attached hydrogens (tertiary/aromatic N) is 5. The quantitative estimate of drug-likeness (QED) is 0.816. The third-order valence-electron chi connectivity index (χ3n) is 4.80. The molecule has 0 bridgehead atoms. The number of cyclic esters (lactones) is 1. The van der Waals surface area contributed by atoms with E-state index < -0.39 is 0 Å². The Morgan fingerprint density at radius 3 is 2.62 bits per heavy atom. The number of hydrogen-bond donors (Lipinski definition) is 0. The van der Waals surface area contributed by atoms with Crippen molar-refractivity contribution >= 4 is 11.7 Å². The number of aromatic nitrogens is 2. The van der Waals surface area contributed by atoms with E-state index in [4.69, 9.17) is 4.74 Å². The first-order valence-corrected chi connectivity index (χ1v) is 8.57. The molecule has 7 nitrogen and oxygen atoms in total. The summed E-state index contributed by atoms with van der Waals surface area (Å²) in [7, 11) is 0. The molecule has 2 saturated heterocycles. The molecule has 24 heavy (non-hydrogen) atoms. The van der Waals surface area contributed by atoms with Crippen LogP contribution in [0.2, 0.25) is 0 Å². The van der Waals surface area contributed by atoms with Crippen LogP contribution in [0.5, 0.6) is 0 Å². The molecule has 2 fully saturated rings. The molecule has 0 atom stereocenters. The normalized spacial score (nSPS) is 20.0. The number of ether oxygens (including phenoxy) is 1. The van der Waals surface area contributed by atoms with Crippen molar-refractivity contribution in [3.63, 3.8) is 0 Å². The molecule has 7 heteroatoms. The molecule has 0 spiro atoms. The second-order valence-electron chi connectivity index (χ2n) is 6.42. The smallest absolute Gasteiger partial charge is 0.409 e. The zero-order chi connectivity index (χ0) is 16.4. The Bertz CT molecular complexity index is 675. The van der Waals surface area contributed by atoms with E-state index in [9.17, 15) is 4.79 Å². The van der Waals surface area contributed by atoms with Crippen LogP contribution in [0.15, 0.2) is 30.6 Å². The lowest BCUT2D eigenvalue weighted by Crippen LogP contribution is -2.48. The van der Waals surface area contributed by atoms with Crippen molar-refractivity contribution in [3.05, 3.63) is 36.3 Å². The molecule has 0 aromatic carbocycles. The molecule has 0 N–H and O–H groups in total. The predicted molar refractivity (Wildman–Crippen MR) is 89.8 cm³/mol.